The molecule has 2 aliphatic carbocycles. The van der Waals surface area contributed by atoms with Gasteiger partial charge in [0.2, 0.25) is 0 Å². The molecule has 0 radical (unpaired) electrons. The lowest BCUT2D eigenvalue weighted by atomic mass is 9.64. The first-order valence-electron chi connectivity index (χ1n) is 8.34. The smallest absolute Gasteiger partial charge is 0.141 e. The van der Waals surface area contributed by atoms with Gasteiger partial charge in [-0.25, -0.2) is 0 Å². The van der Waals surface area contributed by atoms with E-state index in [1.54, 1.807) is 0 Å². The van der Waals surface area contributed by atoms with E-state index < -0.39 is 0 Å². The molecule has 0 saturated heterocycles. The Morgan fingerprint density at radius 2 is 1.53 bits per heavy atom. The SMILES string of the molecule is CC1(C2CCCCCCC2)CCCCC(O)CC1=O. The van der Waals surface area contributed by atoms with Gasteiger partial charge in [-0.05, 0) is 31.6 Å². The zero-order chi connectivity index (χ0) is 13.7. The minimum Gasteiger partial charge on any atom is -0.393 e. The second-order valence-corrected chi connectivity index (χ2v) is 6.99. The van der Waals surface area contributed by atoms with Crippen molar-refractivity contribution in [3.63, 3.8) is 0 Å². The average Bonchev–Trinajstić information content (AvgIpc) is 2.32. The van der Waals surface area contributed by atoms with E-state index in [0.29, 0.717) is 18.1 Å². The number of aliphatic hydroxyl groups excluding tert-OH is 1. The summed E-state index contributed by atoms with van der Waals surface area (Å²) in [4.78, 5) is 12.6. The largest absolute Gasteiger partial charge is 0.393 e. The lowest BCUT2D eigenvalue weighted by Crippen LogP contribution is -2.39. The van der Waals surface area contributed by atoms with Crippen molar-refractivity contribution in [1.29, 1.82) is 0 Å². The summed E-state index contributed by atoms with van der Waals surface area (Å²) in [7, 11) is 0. The van der Waals surface area contributed by atoms with Gasteiger partial charge in [0, 0.05) is 11.8 Å². The monoisotopic (exact) mass is 266 g/mol. The van der Waals surface area contributed by atoms with Crippen molar-refractivity contribution in [2.24, 2.45) is 11.3 Å². The maximum Gasteiger partial charge on any atom is 0.141 e. The van der Waals surface area contributed by atoms with Crippen LogP contribution in [0.3, 0.4) is 0 Å². The summed E-state index contributed by atoms with van der Waals surface area (Å²) in [6.45, 7) is 2.19. The number of hydrogen-bond acceptors (Lipinski definition) is 2. The van der Waals surface area contributed by atoms with Gasteiger partial charge >= 0.3 is 0 Å². The van der Waals surface area contributed by atoms with E-state index in [0.717, 1.165) is 25.7 Å². The predicted octanol–water partition coefficient (Wildman–Crippen LogP) is 4.25. The maximum absolute atomic E-state index is 12.6. The predicted molar refractivity (Wildman–Crippen MR) is 78.0 cm³/mol. The zero-order valence-corrected chi connectivity index (χ0v) is 12.5. The quantitative estimate of drug-likeness (QED) is 0.770. The van der Waals surface area contributed by atoms with Crippen LogP contribution in [0.1, 0.15) is 84.0 Å². The number of carbonyl (C=O) groups excluding carboxylic acids is 1. The maximum atomic E-state index is 12.6. The second-order valence-electron chi connectivity index (χ2n) is 6.99. The topological polar surface area (TPSA) is 37.3 Å². The van der Waals surface area contributed by atoms with Gasteiger partial charge in [-0.1, -0.05) is 51.9 Å². The van der Waals surface area contributed by atoms with Crippen LogP contribution in [0.15, 0.2) is 0 Å². The molecule has 2 aliphatic rings. The van der Waals surface area contributed by atoms with Gasteiger partial charge in [0.15, 0.2) is 0 Å². The molecule has 0 amide bonds. The van der Waals surface area contributed by atoms with Crippen molar-refractivity contribution in [3.05, 3.63) is 0 Å². The Bertz CT molecular complexity index is 292. The molecule has 0 aromatic carbocycles. The van der Waals surface area contributed by atoms with Gasteiger partial charge in [-0.15, -0.1) is 0 Å². The van der Waals surface area contributed by atoms with Crippen molar-refractivity contribution < 1.29 is 9.90 Å². The van der Waals surface area contributed by atoms with E-state index in [9.17, 15) is 9.90 Å². The van der Waals surface area contributed by atoms with Crippen LogP contribution in [0.25, 0.3) is 0 Å². The average molecular weight is 266 g/mol. The Morgan fingerprint density at radius 1 is 0.947 bits per heavy atom. The van der Waals surface area contributed by atoms with Crippen LogP contribution < -0.4 is 0 Å². The van der Waals surface area contributed by atoms with Gasteiger partial charge in [0.25, 0.3) is 0 Å². The fraction of sp³-hybridized carbons (Fsp3) is 0.941. The van der Waals surface area contributed by atoms with Crippen LogP contribution in [-0.4, -0.2) is 17.0 Å². The Morgan fingerprint density at radius 3 is 2.21 bits per heavy atom. The molecule has 2 heteroatoms. The highest BCUT2D eigenvalue weighted by molar-refractivity contribution is 5.85. The van der Waals surface area contributed by atoms with Crippen molar-refractivity contribution in [2.75, 3.05) is 0 Å². The number of rotatable bonds is 1. The third-order valence-corrected chi connectivity index (χ3v) is 5.55. The van der Waals surface area contributed by atoms with E-state index in [1.165, 1.54) is 44.9 Å². The first-order chi connectivity index (χ1) is 9.13. The normalized spacial score (nSPS) is 36.1. The van der Waals surface area contributed by atoms with Crippen LogP contribution in [0.2, 0.25) is 0 Å². The third kappa shape index (κ3) is 3.81. The number of ketones is 1. The molecule has 0 aromatic heterocycles. The van der Waals surface area contributed by atoms with Crippen molar-refractivity contribution in [3.8, 4) is 0 Å². The highest BCUT2D eigenvalue weighted by Crippen LogP contribution is 2.43. The molecule has 2 atom stereocenters. The van der Waals surface area contributed by atoms with Crippen LogP contribution in [-0.2, 0) is 4.79 Å². The van der Waals surface area contributed by atoms with E-state index in [1.807, 2.05) is 0 Å². The molecule has 1 N–H and O–H groups in total. The Balaban J connectivity index is 2.08. The molecule has 2 unspecified atom stereocenters. The molecule has 2 fully saturated rings. The van der Waals surface area contributed by atoms with Crippen LogP contribution in [0, 0.1) is 11.3 Å². The van der Waals surface area contributed by atoms with Crippen molar-refractivity contribution in [1.82, 2.24) is 0 Å². The van der Waals surface area contributed by atoms with Crippen LogP contribution >= 0.6 is 0 Å². The van der Waals surface area contributed by atoms with Crippen molar-refractivity contribution >= 4 is 5.78 Å². The van der Waals surface area contributed by atoms with Gasteiger partial charge in [0.05, 0.1) is 6.10 Å². The summed E-state index contributed by atoms with van der Waals surface area (Å²) in [5, 5.41) is 9.89. The number of aliphatic hydroxyl groups is 1. The summed E-state index contributed by atoms with van der Waals surface area (Å²) >= 11 is 0. The molecule has 0 aromatic rings. The molecule has 0 spiro atoms. The highest BCUT2D eigenvalue weighted by atomic mass is 16.3. The summed E-state index contributed by atoms with van der Waals surface area (Å²) in [6, 6.07) is 0. The van der Waals surface area contributed by atoms with Gasteiger partial charge in [0.1, 0.15) is 5.78 Å². The van der Waals surface area contributed by atoms with E-state index in [4.69, 9.17) is 0 Å². The molecule has 2 rings (SSSR count). The molecule has 19 heavy (non-hydrogen) atoms. The fourth-order valence-electron chi connectivity index (χ4n) is 4.09. The number of carbonyl (C=O) groups is 1. The molecule has 110 valence electrons. The van der Waals surface area contributed by atoms with Crippen LogP contribution in [0.5, 0.6) is 0 Å². The van der Waals surface area contributed by atoms with Gasteiger partial charge in [-0.3, -0.25) is 4.79 Å². The standard InChI is InChI=1S/C17H30O2/c1-17(14-9-5-3-2-4-6-10-14)12-8-7-11-15(18)13-16(17)19/h14-15,18H,2-13H2,1H3. The van der Waals surface area contributed by atoms with E-state index in [-0.39, 0.29) is 11.5 Å². The minimum atomic E-state index is -0.388. The first kappa shape index (κ1) is 15.0. The first-order valence-corrected chi connectivity index (χ1v) is 8.34. The Labute approximate surface area is 118 Å². The highest BCUT2D eigenvalue weighted by Gasteiger charge is 2.41. The molecule has 0 bridgehead atoms. The summed E-state index contributed by atoms with van der Waals surface area (Å²) in [6.07, 6.45) is 13.1. The lowest BCUT2D eigenvalue weighted by Gasteiger charge is -2.39. The number of hydrogen-bond donors (Lipinski definition) is 1. The van der Waals surface area contributed by atoms with E-state index >= 15 is 0 Å². The zero-order valence-electron chi connectivity index (χ0n) is 12.5. The Kier molecular flexibility index (Phi) is 5.44. The summed E-state index contributed by atoms with van der Waals surface area (Å²) in [5.74, 6) is 0.899. The lowest BCUT2D eigenvalue weighted by molar-refractivity contribution is -0.135. The molecule has 2 saturated carbocycles. The second kappa shape index (κ2) is 6.88. The van der Waals surface area contributed by atoms with Crippen LogP contribution in [0.4, 0.5) is 0 Å². The molecule has 0 aliphatic heterocycles. The molecular formula is C17H30O2. The number of Topliss-reactive ketones (excluding diaryl/α,β-unsaturated/α-hetero) is 1. The minimum absolute atomic E-state index is 0.154. The van der Waals surface area contributed by atoms with Gasteiger partial charge in [-0.2, -0.15) is 0 Å². The summed E-state index contributed by atoms with van der Waals surface area (Å²) < 4.78 is 0. The third-order valence-electron chi connectivity index (χ3n) is 5.55. The molecule has 2 nitrogen and oxygen atoms in total. The molecular weight excluding hydrogens is 236 g/mol. The van der Waals surface area contributed by atoms with Gasteiger partial charge < -0.3 is 5.11 Å². The van der Waals surface area contributed by atoms with Crippen molar-refractivity contribution in [2.45, 2.75) is 90.1 Å². The van der Waals surface area contributed by atoms with E-state index in [2.05, 4.69) is 6.92 Å². The summed E-state index contributed by atoms with van der Waals surface area (Å²) in [5.41, 5.74) is -0.154. The Hall–Kier alpha value is -0.370. The fourth-order valence-corrected chi connectivity index (χ4v) is 4.09. The molecule has 0 heterocycles.